The lowest BCUT2D eigenvalue weighted by molar-refractivity contribution is 0.0728. The first-order valence-electron chi connectivity index (χ1n) is 7.31. The van der Waals surface area contributed by atoms with Gasteiger partial charge < -0.3 is 9.47 Å². The highest BCUT2D eigenvalue weighted by Crippen LogP contribution is 2.18. The van der Waals surface area contributed by atoms with Crippen molar-refractivity contribution in [3.8, 4) is 0 Å². The number of nitrogens with zero attached hydrogens (tertiary/aromatic N) is 2. The van der Waals surface area contributed by atoms with Gasteiger partial charge >= 0.3 is 0 Å². The molecule has 0 spiro atoms. The number of aromatic nitrogens is 1. The van der Waals surface area contributed by atoms with E-state index in [1.54, 1.807) is 11.3 Å². The Labute approximate surface area is 148 Å². The van der Waals surface area contributed by atoms with Gasteiger partial charge in [-0.3, -0.25) is 4.79 Å². The number of carbonyl (C=O) groups excluding carboxylic acids is 1. The summed E-state index contributed by atoms with van der Waals surface area (Å²) < 4.78 is 3.03. The predicted molar refractivity (Wildman–Crippen MR) is 97.5 cm³/mol. The summed E-state index contributed by atoms with van der Waals surface area (Å²) in [5.74, 6) is 0.0482. The smallest absolute Gasteiger partial charge is 0.254 e. The first kappa shape index (κ1) is 16.0. The van der Waals surface area contributed by atoms with E-state index in [0.717, 1.165) is 10.2 Å². The van der Waals surface area contributed by atoms with Gasteiger partial charge in [0.2, 0.25) is 0 Å². The van der Waals surface area contributed by atoms with Gasteiger partial charge in [0.15, 0.2) is 0 Å². The Hall–Kier alpha value is -1.85. The highest BCUT2D eigenvalue weighted by Gasteiger charge is 2.18. The summed E-state index contributed by atoms with van der Waals surface area (Å²) in [5, 5.41) is 2.04. The molecule has 0 aliphatic heterocycles. The van der Waals surface area contributed by atoms with Crippen LogP contribution in [0.4, 0.5) is 0 Å². The fourth-order valence-corrected chi connectivity index (χ4v) is 3.41. The number of hydrogen-bond acceptors (Lipinski definition) is 2. The summed E-state index contributed by atoms with van der Waals surface area (Å²) in [5.41, 5.74) is 1.82. The van der Waals surface area contributed by atoms with Gasteiger partial charge in [-0.15, -0.1) is 11.3 Å². The van der Waals surface area contributed by atoms with Crippen molar-refractivity contribution in [3.63, 3.8) is 0 Å². The third-order valence-corrected chi connectivity index (χ3v) is 5.10. The van der Waals surface area contributed by atoms with E-state index in [0.29, 0.717) is 18.7 Å². The largest absolute Gasteiger partial charge is 0.353 e. The molecular weight excluding hydrogens is 372 g/mol. The van der Waals surface area contributed by atoms with Gasteiger partial charge in [-0.25, -0.2) is 0 Å². The molecule has 2 heterocycles. The Morgan fingerprint density at radius 3 is 2.52 bits per heavy atom. The van der Waals surface area contributed by atoms with Gasteiger partial charge in [0.05, 0.1) is 13.1 Å². The van der Waals surface area contributed by atoms with Crippen molar-refractivity contribution >= 4 is 33.2 Å². The number of rotatable bonds is 5. The Morgan fingerprint density at radius 2 is 1.91 bits per heavy atom. The molecule has 5 heteroatoms. The number of thiophene rings is 1. The number of benzene rings is 1. The second kappa shape index (κ2) is 7.15. The summed E-state index contributed by atoms with van der Waals surface area (Å²) >= 11 is 5.09. The zero-order valence-electron chi connectivity index (χ0n) is 12.8. The fraction of sp³-hybridized carbons (Fsp3) is 0.167. The highest BCUT2D eigenvalue weighted by molar-refractivity contribution is 9.10. The molecule has 23 heavy (non-hydrogen) atoms. The van der Waals surface area contributed by atoms with Crippen LogP contribution in [0, 0.1) is 0 Å². The van der Waals surface area contributed by atoms with Crippen molar-refractivity contribution in [2.75, 3.05) is 0 Å². The molecule has 0 saturated heterocycles. The topological polar surface area (TPSA) is 25.2 Å². The molecule has 1 aromatic carbocycles. The fourth-order valence-electron chi connectivity index (χ4n) is 2.42. The van der Waals surface area contributed by atoms with Crippen LogP contribution in [-0.4, -0.2) is 15.4 Å². The van der Waals surface area contributed by atoms with E-state index in [2.05, 4.69) is 32.6 Å². The van der Waals surface area contributed by atoms with E-state index in [1.807, 2.05) is 59.9 Å². The molecule has 0 unspecified atom stereocenters. The van der Waals surface area contributed by atoms with E-state index in [4.69, 9.17) is 0 Å². The lowest BCUT2D eigenvalue weighted by Gasteiger charge is -2.23. The zero-order valence-corrected chi connectivity index (χ0v) is 15.2. The summed E-state index contributed by atoms with van der Waals surface area (Å²) in [6.45, 7) is 1.22. The molecule has 3 aromatic rings. The first-order chi connectivity index (χ1) is 11.1. The Kier molecular flexibility index (Phi) is 4.98. The zero-order chi connectivity index (χ0) is 16.2. The van der Waals surface area contributed by atoms with Crippen LogP contribution < -0.4 is 0 Å². The quantitative estimate of drug-likeness (QED) is 0.622. The maximum Gasteiger partial charge on any atom is 0.254 e. The van der Waals surface area contributed by atoms with Crippen LogP contribution in [0.25, 0.3) is 0 Å². The van der Waals surface area contributed by atoms with Crippen LogP contribution in [0.3, 0.4) is 0 Å². The number of amides is 1. The third-order valence-electron chi connectivity index (χ3n) is 3.71. The summed E-state index contributed by atoms with van der Waals surface area (Å²) in [6.07, 6.45) is 2.00. The van der Waals surface area contributed by atoms with Crippen molar-refractivity contribution in [2.45, 2.75) is 13.1 Å². The van der Waals surface area contributed by atoms with Crippen LogP contribution in [0.2, 0.25) is 0 Å². The monoisotopic (exact) mass is 388 g/mol. The van der Waals surface area contributed by atoms with Crippen LogP contribution in [0.15, 0.2) is 64.6 Å². The molecule has 1 amide bonds. The normalized spacial score (nSPS) is 10.7. The van der Waals surface area contributed by atoms with Crippen molar-refractivity contribution in [1.29, 1.82) is 0 Å². The van der Waals surface area contributed by atoms with Gasteiger partial charge in [0, 0.05) is 33.9 Å². The van der Waals surface area contributed by atoms with Crippen LogP contribution in [0.1, 0.15) is 20.9 Å². The lowest BCUT2D eigenvalue weighted by Crippen LogP contribution is -2.30. The van der Waals surface area contributed by atoms with Gasteiger partial charge in [0.1, 0.15) is 0 Å². The first-order valence-corrected chi connectivity index (χ1v) is 8.98. The highest BCUT2D eigenvalue weighted by atomic mass is 79.9. The van der Waals surface area contributed by atoms with Gasteiger partial charge in [-0.05, 0) is 47.8 Å². The van der Waals surface area contributed by atoms with Gasteiger partial charge in [-0.1, -0.05) is 22.0 Å². The molecule has 0 fully saturated rings. The third kappa shape index (κ3) is 3.92. The molecule has 0 atom stereocenters. The standard InChI is InChI=1S/C18H17BrN2OS/c1-20-10-2-4-16(20)12-21(13-17-5-3-11-23-17)18(22)14-6-8-15(19)9-7-14/h2-11H,12-13H2,1H3. The molecule has 2 aromatic heterocycles. The Morgan fingerprint density at radius 1 is 1.13 bits per heavy atom. The minimum absolute atomic E-state index is 0.0482. The van der Waals surface area contributed by atoms with E-state index in [1.165, 1.54) is 4.88 Å². The van der Waals surface area contributed by atoms with Crippen molar-refractivity contribution in [3.05, 3.63) is 80.7 Å². The van der Waals surface area contributed by atoms with E-state index in [9.17, 15) is 4.79 Å². The summed E-state index contributed by atoms with van der Waals surface area (Å²) in [7, 11) is 2.00. The molecule has 3 nitrogen and oxygen atoms in total. The minimum Gasteiger partial charge on any atom is -0.353 e. The molecule has 0 aliphatic rings. The molecule has 0 radical (unpaired) electrons. The van der Waals surface area contributed by atoms with E-state index >= 15 is 0 Å². The van der Waals surface area contributed by atoms with E-state index in [-0.39, 0.29) is 5.91 Å². The molecule has 0 saturated carbocycles. The van der Waals surface area contributed by atoms with Crippen molar-refractivity contribution < 1.29 is 4.79 Å². The number of aryl methyl sites for hydroxylation is 1. The van der Waals surface area contributed by atoms with Crippen LogP contribution in [0.5, 0.6) is 0 Å². The van der Waals surface area contributed by atoms with Crippen molar-refractivity contribution in [1.82, 2.24) is 9.47 Å². The average Bonchev–Trinajstić information content (AvgIpc) is 3.19. The molecule has 0 aliphatic carbocycles. The Balaban J connectivity index is 1.85. The number of halogens is 1. The summed E-state index contributed by atoms with van der Waals surface area (Å²) in [4.78, 5) is 16.0. The molecule has 3 rings (SSSR count). The number of carbonyl (C=O) groups is 1. The van der Waals surface area contributed by atoms with E-state index < -0.39 is 0 Å². The lowest BCUT2D eigenvalue weighted by atomic mass is 10.2. The molecule has 0 N–H and O–H groups in total. The number of hydrogen-bond donors (Lipinski definition) is 0. The van der Waals surface area contributed by atoms with Crippen LogP contribution >= 0.6 is 27.3 Å². The molecular formula is C18H17BrN2OS. The predicted octanol–water partition coefficient (Wildman–Crippen LogP) is 4.69. The maximum atomic E-state index is 12.9. The summed E-state index contributed by atoms with van der Waals surface area (Å²) in [6, 6.07) is 15.7. The minimum atomic E-state index is 0.0482. The van der Waals surface area contributed by atoms with Gasteiger partial charge in [-0.2, -0.15) is 0 Å². The molecule has 118 valence electrons. The van der Waals surface area contributed by atoms with Gasteiger partial charge in [0.25, 0.3) is 5.91 Å². The maximum absolute atomic E-state index is 12.9. The Bertz CT molecular complexity index is 778. The van der Waals surface area contributed by atoms with Crippen LogP contribution in [-0.2, 0) is 20.1 Å². The second-order valence-electron chi connectivity index (χ2n) is 5.36. The van der Waals surface area contributed by atoms with Crippen molar-refractivity contribution in [2.24, 2.45) is 7.05 Å². The second-order valence-corrected chi connectivity index (χ2v) is 7.31. The SMILES string of the molecule is Cn1cccc1CN(Cc1cccs1)C(=O)c1ccc(Br)cc1. The molecule has 0 bridgehead atoms. The average molecular weight is 389 g/mol.